The second kappa shape index (κ2) is 4.77. The van der Waals surface area contributed by atoms with Gasteiger partial charge in [-0.2, -0.15) is 0 Å². The maximum atomic E-state index is 11.0. The Labute approximate surface area is 106 Å². The molecular weight excluding hydrogens is 262 g/mol. The molecule has 0 amide bonds. The zero-order valence-corrected chi connectivity index (χ0v) is 10.3. The molecule has 0 unspecified atom stereocenters. The van der Waals surface area contributed by atoms with Crippen molar-refractivity contribution in [3.05, 3.63) is 34.6 Å². The van der Waals surface area contributed by atoms with Crippen LogP contribution in [0.2, 0.25) is 5.02 Å². The molecule has 5 nitrogen and oxygen atoms in total. The summed E-state index contributed by atoms with van der Waals surface area (Å²) in [6, 6.07) is 4.59. The normalized spacial score (nSPS) is 10.5. The molecule has 17 heavy (non-hydrogen) atoms. The van der Waals surface area contributed by atoms with Gasteiger partial charge in [0, 0.05) is 9.92 Å². The number of nitrogens with zero attached hydrogens (tertiary/aromatic N) is 2. The zero-order chi connectivity index (χ0) is 12.4. The second-order valence-electron chi connectivity index (χ2n) is 3.25. The van der Waals surface area contributed by atoms with Crippen LogP contribution < -0.4 is 0 Å². The van der Waals surface area contributed by atoms with Gasteiger partial charge in [-0.15, -0.1) is 5.10 Å². The zero-order valence-electron chi connectivity index (χ0n) is 8.77. The first-order chi connectivity index (χ1) is 8.06. The number of aryl methyl sites for hydroxylation is 1. The Balaban J connectivity index is 2.37. The first-order valence-electron chi connectivity index (χ1n) is 4.66. The van der Waals surface area contributed by atoms with Crippen molar-refractivity contribution in [2.24, 2.45) is 0 Å². The first-order valence-corrected chi connectivity index (χ1v) is 5.85. The Bertz CT molecular complexity index is 570. The molecule has 7 heteroatoms. The highest BCUT2D eigenvalue weighted by molar-refractivity contribution is 7.99. The highest BCUT2D eigenvalue weighted by Gasteiger charge is 2.13. The van der Waals surface area contributed by atoms with Crippen molar-refractivity contribution in [2.45, 2.75) is 17.0 Å². The van der Waals surface area contributed by atoms with E-state index in [4.69, 9.17) is 16.7 Å². The van der Waals surface area contributed by atoms with Crippen LogP contribution in [0.1, 0.15) is 16.2 Å². The summed E-state index contributed by atoms with van der Waals surface area (Å²) < 4.78 is 0. The SMILES string of the molecule is Cc1nc(Sc2cc(Cl)ccc2C(=O)O)n[nH]1. The summed E-state index contributed by atoms with van der Waals surface area (Å²) in [5.74, 6) is -0.331. The number of H-pyrrole nitrogens is 1. The topological polar surface area (TPSA) is 78.9 Å². The molecule has 0 aliphatic rings. The number of aromatic nitrogens is 3. The van der Waals surface area contributed by atoms with Crippen molar-refractivity contribution in [1.29, 1.82) is 0 Å². The van der Waals surface area contributed by atoms with Gasteiger partial charge in [-0.05, 0) is 36.9 Å². The summed E-state index contributed by atoms with van der Waals surface area (Å²) in [4.78, 5) is 15.6. The van der Waals surface area contributed by atoms with Gasteiger partial charge >= 0.3 is 5.97 Å². The van der Waals surface area contributed by atoms with Gasteiger partial charge in [0.1, 0.15) is 5.82 Å². The predicted molar refractivity (Wildman–Crippen MR) is 63.7 cm³/mol. The molecule has 2 rings (SSSR count). The van der Waals surface area contributed by atoms with Gasteiger partial charge in [0.15, 0.2) is 0 Å². The molecule has 1 aromatic carbocycles. The minimum Gasteiger partial charge on any atom is -0.478 e. The number of carboxylic acid groups (broad SMARTS) is 1. The number of hydrogen-bond donors (Lipinski definition) is 2. The fourth-order valence-electron chi connectivity index (χ4n) is 1.22. The number of aromatic carboxylic acids is 1. The molecule has 0 fully saturated rings. The summed E-state index contributed by atoms with van der Waals surface area (Å²) in [6.45, 7) is 1.77. The van der Waals surface area contributed by atoms with Crippen LogP contribution in [0.5, 0.6) is 0 Å². The van der Waals surface area contributed by atoms with Gasteiger partial charge in [-0.1, -0.05) is 11.6 Å². The Morgan fingerprint density at radius 3 is 2.88 bits per heavy atom. The summed E-state index contributed by atoms with van der Waals surface area (Å²) in [6.07, 6.45) is 0. The molecular formula is C10H8ClN3O2S. The van der Waals surface area contributed by atoms with E-state index in [1.807, 2.05) is 0 Å². The highest BCUT2D eigenvalue weighted by Crippen LogP contribution is 2.30. The molecule has 0 aliphatic carbocycles. The van der Waals surface area contributed by atoms with Crippen LogP contribution in [0.25, 0.3) is 0 Å². The average Bonchev–Trinajstić information content (AvgIpc) is 2.63. The number of hydrogen-bond acceptors (Lipinski definition) is 4. The monoisotopic (exact) mass is 269 g/mol. The van der Waals surface area contributed by atoms with Crippen LogP contribution in [0, 0.1) is 6.92 Å². The number of rotatable bonds is 3. The Morgan fingerprint density at radius 2 is 2.29 bits per heavy atom. The summed E-state index contributed by atoms with van der Waals surface area (Å²) in [5, 5.41) is 16.6. The minimum atomic E-state index is -1.00. The van der Waals surface area contributed by atoms with E-state index in [2.05, 4.69) is 15.2 Å². The molecule has 0 aliphatic heterocycles. The summed E-state index contributed by atoms with van der Waals surface area (Å²) >= 11 is 7.00. The van der Waals surface area contributed by atoms with Crippen molar-refractivity contribution >= 4 is 29.3 Å². The van der Waals surface area contributed by atoms with Crippen molar-refractivity contribution in [2.75, 3.05) is 0 Å². The number of carbonyl (C=O) groups is 1. The molecule has 1 aromatic heterocycles. The van der Waals surface area contributed by atoms with E-state index >= 15 is 0 Å². The molecule has 0 saturated carbocycles. The Hall–Kier alpha value is -1.53. The highest BCUT2D eigenvalue weighted by atomic mass is 35.5. The van der Waals surface area contributed by atoms with Crippen molar-refractivity contribution in [1.82, 2.24) is 15.2 Å². The molecule has 0 saturated heterocycles. The fourth-order valence-corrected chi connectivity index (χ4v) is 2.38. The fraction of sp³-hybridized carbons (Fsp3) is 0.100. The molecule has 0 atom stereocenters. The molecule has 1 heterocycles. The van der Waals surface area contributed by atoms with Crippen molar-refractivity contribution < 1.29 is 9.90 Å². The van der Waals surface area contributed by atoms with Crippen LogP contribution in [0.15, 0.2) is 28.3 Å². The first kappa shape index (κ1) is 11.9. The Morgan fingerprint density at radius 1 is 1.53 bits per heavy atom. The molecule has 88 valence electrons. The van der Waals surface area contributed by atoms with Crippen molar-refractivity contribution in [3.63, 3.8) is 0 Å². The van der Waals surface area contributed by atoms with Crippen LogP contribution >= 0.6 is 23.4 Å². The maximum Gasteiger partial charge on any atom is 0.336 e. The average molecular weight is 270 g/mol. The largest absolute Gasteiger partial charge is 0.478 e. The lowest BCUT2D eigenvalue weighted by Crippen LogP contribution is -1.98. The lowest BCUT2D eigenvalue weighted by molar-refractivity contribution is 0.0693. The van der Waals surface area contributed by atoms with Gasteiger partial charge < -0.3 is 5.11 Å². The third kappa shape index (κ3) is 2.78. The summed E-state index contributed by atoms with van der Waals surface area (Å²) in [5.41, 5.74) is 0.182. The molecule has 2 N–H and O–H groups in total. The number of halogens is 1. The van der Waals surface area contributed by atoms with Crippen LogP contribution in [0.4, 0.5) is 0 Å². The van der Waals surface area contributed by atoms with Crippen LogP contribution in [-0.4, -0.2) is 26.3 Å². The summed E-state index contributed by atoms with van der Waals surface area (Å²) in [7, 11) is 0. The minimum absolute atomic E-state index is 0.182. The third-order valence-corrected chi connectivity index (χ3v) is 3.11. The number of aromatic amines is 1. The third-order valence-electron chi connectivity index (χ3n) is 1.95. The lowest BCUT2D eigenvalue weighted by Gasteiger charge is -2.03. The van der Waals surface area contributed by atoms with E-state index in [0.29, 0.717) is 20.9 Å². The standard InChI is InChI=1S/C10H8ClN3O2S/c1-5-12-10(14-13-5)17-8-4-6(11)2-3-7(8)9(15)16/h2-4H,1H3,(H,15,16)(H,12,13,14). The second-order valence-corrected chi connectivity index (χ2v) is 4.70. The lowest BCUT2D eigenvalue weighted by atomic mass is 10.2. The van der Waals surface area contributed by atoms with Crippen molar-refractivity contribution in [3.8, 4) is 0 Å². The van der Waals surface area contributed by atoms with E-state index in [-0.39, 0.29) is 5.56 Å². The molecule has 0 spiro atoms. The Kier molecular flexibility index (Phi) is 3.35. The molecule has 0 radical (unpaired) electrons. The van der Waals surface area contributed by atoms with Gasteiger partial charge in [0.2, 0.25) is 5.16 Å². The van der Waals surface area contributed by atoms with E-state index in [9.17, 15) is 4.79 Å². The van der Waals surface area contributed by atoms with E-state index in [1.54, 1.807) is 13.0 Å². The van der Waals surface area contributed by atoms with Gasteiger partial charge in [-0.3, -0.25) is 5.10 Å². The number of benzene rings is 1. The van der Waals surface area contributed by atoms with Crippen LogP contribution in [-0.2, 0) is 0 Å². The van der Waals surface area contributed by atoms with E-state index < -0.39 is 5.97 Å². The van der Waals surface area contributed by atoms with E-state index in [1.165, 1.54) is 12.1 Å². The quantitative estimate of drug-likeness (QED) is 0.895. The molecule has 0 bridgehead atoms. The predicted octanol–water partition coefficient (Wildman–Crippen LogP) is 2.62. The number of nitrogens with one attached hydrogen (secondary N) is 1. The smallest absolute Gasteiger partial charge is 0.336 e. The van der Waals surface area contributed by atoms with Gasteiger partial charge in [-0.25, -0.2) is 9.78 Å². The number of carboxylic acids is 1. The maximum absolute atomic E-state index is 11.0. The molecule has 2 aromatic rings. The van der Waals surface area contributed by atoms with E-state index in [0.717, 1.165) is 11.8 Å². The van der Waals surface area contributed by atoms with Gasteiger partial charge in [0.25, 0.3) is 0 Å². The van der Waals surface area contributed by atoms with Gasteiger partial charge in [0.05, 0.1) is 5.56 Å². The van der Waals surface area contributed by atoms with Crippen LogP contribution in [0.3, 0.4) is 0 Å².